The summed E-state index contributed by atoms with van der Waals surface area (Å²) in [7, 11) is -3.77. The summed E-state index contributed by atoms with van der Waals surface area (Å²) >= 11 is 0. The Bertz CT molecular complexity index is 1160. The average molecular weight is 488 g/mol. The van der Waals surface area contributed by atoms with Crippen LogP contribution in [0.25, 0.3) is 0 Å². The lowest BCUT2D eigenvalue weighted by atomic mass is 9.95. The van der Waals surface area contributed by atoms with Gasteiger partial charge in [0.25, 0.3) is 5.91 Å². The van der Waals surface area contributed by atoms with Crippen molar-refractivity contribution in [3.05, 3.63) is 48.0 Å². The maximum Gasteiger partial charge on any atom is 0.253 e. The van der Waals surface area contributed by atoms with Crippen molar-refractivity contribution in [3.8, 4) is 11.5 Å². The van der Waals surface area contributed by atoms with Crippen LogP contribution < -0.4 is 24.4 Å². The van der Waals surface area contributed by atoms with Crippen LogP contribution in [0.1, 0.15) is 49.4 Å². The maximum atomic E-state index is 13.0. The molecule has 2 aliphatic rings. The Morgan fingerprint density at radius 3 is 2.53 bits per heavy atom. The highest BCUT2D eigenvalue weighted by Gasteiger charge is 2.26. The lowest BCUT2D eigenvalue weighted by Crippen LogP contribution is -2.39. The van der Waals surface area contributed by atoms with Crippen molar-refractivity contribution in [1.82, 2.24) is 5.32 Å². The van der Waals surface area contributed by atoms with Crippen molar-refractivity contribution in [2.45, 2.75) is 45.1 Å². The van der Waals surface area contributed by atoms with E-state index in [2.05, 4.69) is 10.6 Å². The molecule has 2 N–H and O–H groups in total. The fraction of sp³-hybridized carbons (Fsp3) is 0.417. The third-order valence-corrected chi connectivity index (χ3v) is 7.76. The van der Waals surface area contributed by atoms with Crippen LogP contribution in [0, 0.1) is 0 Å². The van der Waals surface area contributed by atoms with E-state index in [9.17, 15) is 18.0 Å². The number of sulfonamides is 1. The number of nitrogens with one attached hydrogen (secondary N) is 2. The number of hydrogen-bond acceptors (Lipinski definition) is 6. The van der Waals surface area contributed by atoms with Gasteiger partial charge < -0.3 is 20.1 Å². The summed E-state index contributed by atoms with van der Waals surface area (Å²) in [5.74, 6) is -0.0714. The molecule has 0 radical (unpaired) electrons. The highest BCUT2D eigenvalue weighted by molar-refractivity contribution is 7.92. The first kappa shape index (κ1) is 23.9. The zero-order valence-electron chi connectivity index (χ0n) is 19.1. The molecule has 0 saturated heterocycles. The molecule has 0 unspecified atom stereocenters. The van der Waals surface area contributed by atoms with Crippen molar-refractivity contribution >= 4 is 33.2 Å². The summed E-state index contributed by atoms with van der Waals surface area (Å²) in [6.07, 6.45) is 5.24. The first-order chi connectivity index (χ1) is 16.4. The van der Waals surface area contributed by atoms with Crippen LogP contribution in [0.4, 0.5) is 11.4 Å². The minimum absolute atomic E-state index is 0.0551. The summed E-state index contributed by atoms with van der Waals surface area (Å²) in [6.45, 7) is 1.12. The Balaban J connectivity index is 1.51. The molecule has 0 atom stereocenters. The highest BCUT2D eigenvalue weighted by Crippen LogP contribution is 2.36. The van der Waals surface area contributed by atoms with E-state index in [1.807, 2.05) is 0 Å². The van der Waals surface area contributed by atoms with Gasteiger partial charge >= 0.3 is 0 Å². The molecule has 10 heteroatoms. The van der Waals surface area contributed by atoms with E-state index in [-0.39, 0.29) is 24.5 Å². The van der Waals surface area contributed by atoms with Crippen LogP contribution in [0.2, 0.25) is 0 Å². The molecule has 9 nitrogen and oxygen atoms in total. The van der Waals surface area contributed by atoms with Crippen LogP contribution in [0.5, 0.6) is 11.5 Å². The largest absolute Gasteiger partial charge is 0.454 e. The standard InChI is InChI=1S/C24H29N3O6S/c1-2-34(30,31)27(18-12-13-21-22(14-18)33-16-32-21)15-23(28)26-20-11-7-6-10-19(20)24(29)25-17-8-4-3-5-9-17/h6-7,10-14,17H,2-5,8-9,15-16H2,1H3,(H,25,29)(H,26,28). The number of nitrogens with zero attached hydrogens (tertiary/aromatic N) is 1. The lowest BCUT2D eigenvalue weighted by Gasteiger charge is -2.24. The second-order valence-electron chi connectivity index (χ2n) is 8.35. The van der Waals surface area contributed by atoms with Gasteiger partial charge in [0.05, 0.1) is 22.7 Å². The molecule has 0 spiro atoms. The summed E-state index contributed by atoms with van der Waals surface area (Å²) in [5.41, 5.74) is 0.972. The Hall–Kier alpha value is -3.27. The van der Waals surface area contributed by atoms with Crippen LogP contribution in [-0.2, 0) is 14.8 Å². The van der Waals surface area contributed by atoms with E-state index in [0.29, 0.717) is 28.4 Å². The molecule has 2 amide bonds. The van der Waals surface area contributed by atoms with Crippen molar-refractivity contribution in [1.29, 1.82) is 0 Å². The summed E-state index contributed by atoms with van der Waals surface area (Å²) in [6, 6.07) is 11.6. The third kappa shape index (κ3) is 5.44. The second-order valence-corrected chi connectivity index (χ2v) is 10.5. The fourth-order valence-electron chi connectivity index (χ4n) is 4.17. The molecule has 1 saturated carbocycles. The number of ether oxygens (including phenoxy) is 2. The van der Waals surface area contributed by atoms with Gasteiger partial charge in [-0.25, -0.2) is 8.42 Å². The van der Waals surface area contributed by atoms with Crippen LogP contribution >= 0.6 is 0 Å². The second kappa shape index (κ2) is 10.3. The number of carbonyl (C=O) groups excluding carboxylic acids is 2. The zero-order valence-corrected chi connectivity index (χ0v) is 19.9. The van der Waals surface area contributed by atoms with Crippen molar-refractivity contribution in [2.75, 3.05) is 28.7 Å². The summed E-state index contributed by atoms with van der Waals surface area (Å²) in [4.78, 5) is 25.8. The number of rotatable bonds is 8. The molecule has 0 bridgehead atoms. The van der Waals surface area contributed by atoms with Crippen molar-refractivity contribution < 1.29 is 27.5 Å². The predicted octanol–water partition coefficient (Wildman–Crippen LogP) is 3.27. The van der Waals surface area contributed by atoms with Gasteiger partial charge in [0.15, 0.2) is 11.5 Å². The number of para-hydroxylation sites is 1. The van der Waals surface area contributed by atoms with E-state index < -0.39 is 22.5 Å². The SMILES string of the molecule is CCS(=O)(=O)N(CC(=O)Nc1ccccc1C(=O)NC1CCCCC1)c1ccc2c(c1)OCO2. The molecular formula is C24H29N3O6S. The molecular weight excluding hydrogens is 458 g/mol. The summed E-state index contributed by atoms with van der Waals surface area (Å²) < 4.78 is 37.3. The van der Waals surface area contributed by atoms with E-state index in [1.165, 1.54) is 19.4 Å². The number of carbonyl (C=O) groups is 2. The Labute approximate surface area is 199 Å². The molecule has 34 heavy (non-hydrogen) atoms. The predicted molar refractivity (Wildman–Crippen MR) is 129 cm³/mol. The number of hydrogen-bond donors (Lipinski definition) is 2. The van der Waals surface area contributed by atoms with Gasteiger partial charge in [-0.1, -0.05) is 31.4 Å². The lowest BCUT2D eigenvalue weighted by molar-refractivity contribution is -0.114. The monoisotopic (exact) mass is 487 g/mol. The molecule has 1 heterocycles. The Morgan fingerprint density at radius 1 is 1.03 bits per heavy atom. The van der Waals surface area contributed by atoms with Gasteiger partial charge in [0.1, 0.15) is 6.54 Å². The summed E-state index contributed by atoms with van der Waals surface area (Å²) in [5, 5.41) is 5.77. The molecule has 4 rings (SSSR count). The van der Waals surface area contributed by atoms with Gasteiger partial charge in [-0.3, -0.25) is 13.9 Å². The van der Waals surface area contributed by atoms with Crippen molar-refractivity contribution in [2.24, 2.45) is 0 Å². The fourth-order valence-corrected chi connectivity index (χ4v) is 5.23. The number of amides is 2. The first-order valence-electron chi connectivity index (χ1n) is 11.5. The number of anilines is 2. The maximum absolute atomic E-state index is 13.0. The third-order valence-electron chi connectivity index (χ3n) is 6.02. The molecule has 2 aromatic carbocycles. The van der Waals surface area contributed by atoms with Gasteiger partial charge in [-0.2, -0.15) is 0 Å². The normalized spacial score (nSPS) is 15.6. The molecule has 1 aliphatic carbocycles. The van der Waals surface area contributed by atoms with Gasteiger partial charge in [0, 0.05) is 12.1 Å². The van der Waals surface area contributed by atoms with Crippen LogP contribution in [0.15, 0.2) is 42.5 Å². The minimum Gasteiger partial charge on any atom is -0.454 e. The van der Waals surface area contributed by atoms with Crippen LogP contribution in [-0.4, -0.2) is 45.4 Å². The molecule has 2 aromatic rings. The Morgan fingerprint density at radius 2 is 1.76 bits per heavy atom. The van der Waals surface area contributed by atoms with E-state index in [0.717, 1.165) is 30.0 Å². The number of benzene rings is 2. The molecule has 0 aromatic heterocycles. The zero-order chi connectivity index (χ0) is 24.1. The van der Waals surface area contributed by atoms with Gasteiger partial charge in [0.2, 0.25) is 22.7 Å². The quantitative estimate of drug-likeness (QED) is 0.591. The number of fused-ring (bicyclic) bond motifs is 1. The smallest absolute Gasteiger partial charge is 0.253 e. The van der Waals surface area contributed by atoms with Crippen molar-refractivity contribution in [3.63, 3.8) is 0 Å². The van der Waals surface area contributed by atoms with E-state index in [4.69, 9.17) is 9.47 Å². The topological polar surface area (TPSA) is 114 Å². The highest BCUT2D eigenvalue weighted by atomic mass is 32.2. The van der Waals surface area contributed by atoms with Crippen LogP contribution in [0.3, 0.4) is 0 Å². The first-order valence-corrected chi connectivity index (χ1v) is 13.1. The Kier molecular flexibility index (Phi) is 7.26. The average Bonchev–Trinajstić information content (AvgIpc) is 3.31. The molecule has 1 fully saturated rings. The van der Waals surface area contributed by atoms with Gasteiger partial charge in [-0.15, -0.1) is 0 Å². The van der Waals surface area contributed by atoms with E-state index in [1.54, 1.807) is 36.4 Å². The molecule has 182 valence electrons. The van der Waals surface area contributed by atoms with Gasteiger partial charge in [-0.05, 0) is 44.0 Å². The van der Waals surface area contributed by atoms with E-state index >= 15 is 0 Å². The minimum atomic E-state index is -3.77. The molecule has 1 aliphatic heterocycles.